The van der Waals surface area contributed by atoms with E-state index in [4.69, 9.17) is 22.1 Å². The van der Waals surface area contributed by atoms with Crippen LogP contribution in [-0.4, -0.2) is 19.5 Å². The van der Waals surface area contributed by atoms with E-state index in [-0.39, 0.29) is 75.3 Å². The van der Waals surface area contributed by atoms with Gasteiger partial charge in [0.05, 0.1) is 30.3 Å². The van der Waals surface area contributed by atoms with Gasteiger partial charge in [0, 0.05) is 32.8 Å². The minimum Gasteiger partial charge on any atom is -0.456 e. The average Bonchev–Trinajstić information content (AvgIpc) is 3.89. The van der Waals surface area contributed by atoms with Crippen LogP contribution in [-0.2, 0) is 0 Å². The first kappa shape index (κ1) is 26.2. The molecular formula is C51H32N4O. The van der Waals surface area contributed by atoms with Crippen LogP contribution >= 0.6 is 0 Å². The van der Waals surface area contributed by atoms with Crippen LogP contribution in [0.1, 0.15) is 8.22 Å². The van der Waals surface area contributed by atoms with Crippen molar-refractivity contribution in [1.82, 2.24) is 19.5 Å². The topological polar surface area (TPSA) is 56.7 Å². The molecule has 0 atom stereocenters. The fourth-order valence-electron chi connectivity index (χ4n) is 7.53. The normalized spacial score (nSPS) is 13.1. The van der Waals surface area contributed by atoms with Crippen molar-refractivity contribution in [1.29, 1.82) is 0 Å². The minimum absolute atomic E-state index is 0.00388. The SMILES string of the molecule is [2H]c1c([2H])c(-n2c3ccccc3c3ccccc32)c2c(oc3c([2H])c(-c4nc(-c5ccc(-c6ccccc6)cc5)nc(-c5cccc(-c6ccccc6)c5)n4)c([2H])c([2H])c32)c1[2H]. The molecule has 5 nitrogen and oxygen atoms in total. The second-order valence-corrected chi connectivity index (χ2v) is 13.6. The highest BCUT2D eigenvalue weighted by atomic mass is 16.3. The Bertz CT molecular complexity index is 3540. The van der Waals surface area contributed by atoms with Crippen molar-refractivity contribution >= 4 is 43.7 Å². The van der Waals surface area contributed by atoms with E-state index in [9.17, 15) is 5.48 Å². The van der Waals surface area contributed by atoms with Gasteiger partial charge in [0.1, 0.15) is 11.2 Å². The smallest absolute Gasteiger partial charge is 0.164 e. The summed E-state index contributed by atoms with van der Waals surface area (Å²) >= 11 is 0. The number of nitrogens with zero attached hydrogens (tertiary/aromatic N) is 4. The zero-order chi connectivity index (χ0) is 42.2. The Morgan fingerprint density at radius 1 is 0.411 bits per heavy atom. The molecule has 0 aliphatic rings. The molecule has 0 saturated carbocycles. The van der Waals surface area contributed by atoms with Crippen LogP contribution in [0.4, 0.5) is 0 Å². The fraction of sp³-hybridized carbons (Fsp3) is 0. The highest BCUT2D eigenvalue weighted by Crippen LogP contribution is 2.40. The summed E-state index contributed by atoms with van der Waals surface area (Å²) < 4.78 is 64.3. The Kier molecular flexibility index (Phi) is 6.10. The predicted molar refractivity (Wildman–Crippen MR) is 229 cm³/mol. The predicted octanol–water partition coefficient (Wildman–Crippen LogP) is 13.2. The van der Waals surface area contributed by atoms with Gasteiger partial charge < -0.3 is 8.98 Å². The second-order valence-electron chi connectivity index (χ2n) is 13.6. The monoisotopic (exact) mass is 722 g/mol. The lowest BCUT2D eigenvalue weighted by atomic mass is 10.0. The quantitative estimate of drug-likeness (QED) is 0.171. The van der Waals surface area contributed by atoms with E-state index in [0.717, 1.165) is 44.1 Å². The lowest BCUT2D eigenvalue weighted by Crippen LogP contribution is -2.00. The molecule has 11 rings (SSSR count). The van der Waals surface area contributed by atoms with E-state index in [1.807, 2.05) is 162 Å². The molecule has 8 aromatic carbocycles. The molecule has 0 aliphatic heterocycles. The standard InChI is InChI=1S/C51H32N4O/c1-3-13-33(14-4-1)35-25-27-36(28-26-35)49-52-50(38-18-11-17-37(31-38)34-15-5-2-6-16-34)54-51(53-49)39-29-30-42-47(32-39)56-46-24-12-23-45(48(42)46)55-43-21-9-7-19-40(43)41-20-8-10-22-44(41)55/h1-32H/i12D,23D,24D,29D,30D,32D. The van der Waals surface area contributed by atoms with Crippen LogP contribution < -0.4 is 0 Å². The highest BCUT2D eigenvalue weighted by molar-refractivity contribution is 6.14. The van der Waals surface area contributed by atoms with E-state index in [1.165, 1.54) is 0 Å². The van der Waals surface area contributed by atoms with Gasteiger partial charge in [-0.05, 0) is 64.6 Å². The maximum absolute atomic E-state index is 9.69. The molecule has 0 bridgehead atoms. The van der Waals surface area contributed by atoms with E-state index in [0.29, 0.717) is 22.8 Å². The molecule has 0 unspecified atom stereocenters. The molecule has 3 heterocycles. The van der Waals surface area contributed by atoms with E-state index in [1.54, 1.807) is 0 Å². The molecule has 5 heteroatoms. The van der Waals surface area contributed by atoms with Gasteiger partial charge in [-0.1, -0.05) is 152 Å². The summed E-state index contributed by atoms with van der Waals surface area (Å²) in [4.78, 5) is 14.7. The lowest BCUT2D eigenvalue weighted by molar-refractivity contribution is 0.669. The van der Waals surface area contributed by atoms with Gasteiger partial charge >= 0.3 is 0 Å². The number of hydrogen-bond donors (Lipinski definition) is 0. The number of rotatable bonds is 6. The van der Waals surface area contributed by atoms with Gasteiger partial charge in [-0.25, -0.2) is 15.0 Å². The molecule has 262 valence electrons. The van der Waals surface area contributed by atoms with Crippen LogP contribution in [0.15, 0.2) is 198 Å². The summed E-state index contributed by atoms with van der Waals surface area (Å²) in [6.45, 7) is 0. The van der Waals surface area contributed by atoms with Gasteiger partial charge in [-0.2, -0.15) is 0 Å². The molecule has 0 aliphatic carbocycles. The van der Waals surface area contributed by atoms with Crippen LogP contribution in [0.2, 0.25) is 0 Å². The van der Waals surface area contributed by atoms with Gasteiger partial charge in [-0.3, -0.25) is 0 Å². The maximum Gasteiger partial charge on any atom is 0.164 e. The zero-order valence-electron chi connectivity index (χ0n) is 35.7. The minimum atomic E-state index is -0.361. The molecule has 3 aromatic heterocycles. The number of para-hydroxylation sites is 2. The Morgan fingerprint density at radius 2 is 0.946 bits per heavy atom. The molecule has 0 fully saturated rings. The molecule has 0 spiro atoms. The van der Waals surface area contributed by atoms with Crippen molar-refractivity contribution in [3.8, 4) is 62.1 Å². The van der Waals surface area contributed by atoms with E-state index in [2.05, 4.69) is 0 Å². The average molecular weight is 723 g/mol. The van der Waals surface area contributed by atoms with Gasteiger partial charge in [0.2, 0.25) is 0 Å². The van der Waals surface area contributed by atoms with Crippen molar-refractivity contribution in [2.24, 2.45) is 0 Å². The van der Waals surface area contributed by atoms with Crippen LogP contribution in [0.25, 0.3) is 106 Å². The summed E-state index contributed by atoms with van der Waals surface area (Å²) in [6, 6.07) is 49.3. The third-order valence-electron chi connectivity index (χ3n) is 10.2. The van der Waals surface area contributed by atoms with E-state index < -0.39 is 0 Å². The van der Waals surface area contributed by atoms with Crippen LogP contribution in [0.3, 0.4) is 0 Å². The first-order valence-electron chi connectivity index (χ1n) is 21.3. The Labute approximate surface area is 331 Å². The summed E-state index contributed by atoms with van der Waals surface area (Å²) in [5.74, 6) is 0.624. The number of hydrogen-bond acceptors (Lipinski definition) is 4. The maximum atomic E-state index is 9.69. The largest absolute Gasteiger partial charge is 0.456 e. The molecular weight excluding hydrogens is 685 g/mol. The molecule has 56 heavy (non-hydrogen) atoms. The lowest BCUT2D eigenvalue weighted by Gasteiger charge is -2.11. The number of aromatic nitrogens is 4. The summed E-state index contributed by atoms with van der Waals surface area (Å²) in [6.07, 6.45) is 0. The molecule has 0 amide bonds. The second kappa shape index (κ2) is 13.0. The number of fused-ring (bicyclic) bond motifs is 6. The van der Waals surface area contributed by atoms with Crippen molar-refractivity contribution in [3.05, 3.63) is 194 Å². The third-order valence-corrected chi connectivity index (χ3v) is 10.2. The van der Waals surface area contributed by atoms with Crippen LogP contribution in [0.5, 0.6) is 0 Å². The Morgan fingerprint density at radius 3 is 1.64 bits per heavy atom. The van der Waals surface area contributed by atoms with E-state index >= 15 is 0 Å². The summed E-state index contributed by atoms with van der Waals surface area (Å²) in [5.41, 5.74) is 6.98. The first-order chi connectivity index (χ1) is 30.3. The molecule has 0 saturated heterocycles. The Hall–Kier alpha value is -7.63. The zero-order valence-corrected chi connectivity index (χ0v) is 29.7. The molecule has 0 radical (unpaired) electrons. The van der Waals surface area contributed by atoms with Gasteiger partial charge in [0.15, 0.2) is 17.5 Å². The van der Waals surface area contributed by atoms with Gasteiger partial charge in [0.25, 0.3) is 0 Å². The van der Waals surface area contributed by atoms with Crippen LogP contribution in [0, 0.1) is 0 Å². The van der Waals surface area contributed by atoms with Crippen molar-refractivity contribution in [2.45, 2.75) is 0 Å². The summed E-state index contributed by atoms with van der Waals surface area (Å²) in [5, 5.41) is 2.15. The third kappa shape index (κ3) is 5.37. The van der Waals surface area contributed by atoms with Crippen molar-refractivity contribution in [2.75, 3.05) is 0 Å². The highest BCUT2D eigenvalue weighted by Gasteiger charge is 2.19. The molecule has 11 aromatic rings. The van der Waals surface area contributed by atoms with Crippen molar-refractivity contribution in [3.63, 3.8) is 0 Å². The van der Waals surface area contributed by atoms with Gasteiger partial charge in [-0.15, -0.1) is 0 Å². The number of benzene rings is 8. The Balaban J connectivity index is 1.17. The number of furan rings is 1. The fourth-order valence-corrected chi connectivity index (χ4v) is 7.53. The summed E-state index contributed by atoms with van der Waals surface area (Å²) in [7, 11) is 0. The molecule has 0 N–H and O–H groups in total. The first-order valence-corrected chi connectivity index (χ1v) is 18.3. The van der Waals surface area contributed by atoms with Crippen molar-refractivity contribution < 1.29 is 12.6 Å².